The van der Waals surface area contributed by atoms with Crippen LogP contribution in [-0.2, 0) is 6.54 Å². The Hall–Kier alpha value is -1.05. The first-order valence-corrected chi connectivity index (χ1v) is 6.91. The number of nitriles is 1. The second-order valence-electron chi connectivity index (χ2n) is 4.20. The second kappa shape index (κ2) is 8.12. The minimum absolute atomic E-state index is 0.603. The molecule has 0 unspecified atom stereocenters. The zero-order chi connectivity index (χ0) is 13.4. The molecule has 0 radical (unpaired) electrons. The molecule has 0 heterocycles. The summed E-state index contributed by atoms with van der Waals surface area (Å²) in [5, 5.41) is 11.6. The molecule has 98 valence electrons. The molecule has 0 spiro atoms. The van der Waals surface area contributed by atoms with Crippen LogP contribution in [0.3, 0.4) is 0 Å². The molecule has 0 bridgehead atoms. The van der Waals surface area contributed by atoms with Crippen LogP contribution in [0, 0.1) is 18.3 Å². The smallest absolute Gasteiger partial charge is 0.126 e. The molecule has 1 aromatic rings. The van der Waals surface area contributed by atoms with Gasteiger partial charge in [0.15, 0.2) is 0 Å². The maximum absolute atomic E-state index is 8.47. The highest BCUT2D eigenvalue weighted by Crippen LogP contribution is 2.28. The summed E-state index contributed by atoms with van der Waals surface area (Å²) in [7, 11) is 1.92. The number of hydrogen-bond acceptors (Lipinski definition) is 3. The highest BCUT2D eigenvalue weighted by molar-refractivity contribution is 9.10. The fourth-order valence-electron chi connectivity index (χ4n) is 1.81. The van der Waals surface area contributed by atoms with Crippen molar-refractivity contribution in [2.75, 3.05) is 13.7 Å². The van der Waals surface area contributed by atoms with Crippen LogP contribution in [0.2, 0.25) is 0 Å². The van der Waals surface area contributed by atoms with E-state index in [1.807, 2.05) is 7.05 Å². The molecule has 0 atom stereocenters. The summed E-state index contributed by atoms with van der Waals surface area (Å²) in [5.74, 6) is 0.963. The number of unbranched alkanes of at least 4 members (excludes halogenated alkanes) is 2. The minimum atomic E-state index is 0.603. The van der Waals surface area contributed by atoms with Gasteiger partial charge >= 0.3 is 0 Å². The quantitative estimate of drug-likeness (QED) is 0.783. The molecule has 18 heavy (non-hydrogen) atoms. The van der Waals surface area contributed by atoms with E-state index in [9.17, 15) is 0 Å². The van der Waals surface area contributed by atoms with E-state index in [1.165, 1.54) is 0 Å². The molecular weight excluding hydrogens is 292 g/mol. The number of nitrogens with zero attached hydrogens (tertiary/aromatic N) is 1. The molecule has 0 aliphatic heterocycles. The summed E-state index contributed by atoms with van der Waals surface area (Å²) in [6.45, 7) is 3.50. The van der Waals surface area contributed by atoms with Crippen LogP contribution in [0.5, 0.6) is 5.75 Å². The molecule has 1 rings (SSSR count). The van der Waals surface area contributed by atoms with Gasteiger partial charge < -0.3 is 10.1 Å². The van der Waals surface area contributed by atoms with Gasteiger partial charge in [-0.1, -0.05) is 15.9 Å². The zero-order valence-corrected chi connectivity index (χ0v) is 12.5. The van der Waals surface area contributed by atoms with Crippen LogP contribution < -0.4 is 10.1 Å². The van der Waals surface area contributed by atoms with Gasteiger partial charge in [0.2, 0.25) is 0 Å². The summed E-state index contributed by atoms with van der Waals surface area (Å²) in [4.78, 5) is 0. The van der Waals surface area contributed by atoms with E-state index in [4.69, 9.17) is 10.00 Å². The van der Waals surface area contributed by atoms with Gasteiger partial charge in [-0.3, -0.25) is 0 Å². The lowest BCUT2D eigenvalue weighted by Crippen LogP contribution is -2.09. The lowest BCUT2D eigenvalue weighted by molar-refractivity contribution is 0.302. The average molecular weight is 311 g/mol. The van der Waals surface area contributed by atoms with Crippen LogP contribution in [0.15, 0.2) is 16.6 Å². The SMILES string of the molecule is CNCc1cc(Br)cc(C)c1OCCCCC#N. The molecule has 0 aromatic heterocycles. The van der Waals surface area contributed by atoms with Crippen molar-refractivity contribution in [3.8, 4) is 11.8 Å². The number of halogens is 1. The summed E-state index contributed by atoms with van der Waals surface area (Å²) < 4.78 is 6.92. The van der Waals surface area contributed by atoms with E-state index in [-0.39, 0.29) is 0 Å². The molecule has 0 saturated carbocycles. The Kier molecular flexibility index (Phi) is 6.77. The van der Waals surface area contributed by atoms with Gasteiger partial charge in [0.25, 0.3) is 0 Å². The Morgan fingerprint density at radius 3 is 2.83 bits per heavy atom. The number of ether oxygens (including phenoxy) is 1. The number of benzene rings is 1. The van der Waals surface area contributed by atoms with E-state index in [0.717, 1.165) is 40.7 Å². The van der Waals surface area contributed by atoms with E-state index in [0.29, 0.717) is 13.0 Å². The third-order valence-electron chi connectivity index (χ3n) is 2.61. The van der Waals surface area contributed by atoms with E-state index >= 15 is 0 Å². The fraction of sp³-hybridized carbons (Fsp3) is 0.500. The Labute approximate surface area is 117 Å². The van der Waals surface area contributed by atoms with Crippen molar-refractivity contribution in [2.24, 2.45) is 0 Å². The normalized spacial score (nSPS) is 10.1. The highest BCUT2D eigenvalue weighted by Gasteiger charge is 2.08. The molecule has 0 aliphatic carbocycles. The molecular formula is C14H19BrN2O. The van der Waals surface area contributed by atoms with Crippen LogP contribution in [0.25, 0.3) is 0 Å². The molecule has 0 fully saturated rings. The predicted octanol–water partition coefficient (Wildman–Crippen LogP) is 3.55. The van der Waals surface area contributed by atoms with E-state index < -0.39 is 0 Å². The molecule has 1 aromatic carbocycles. The second-order valence-corrected chi connectivity index (χ2v) is 5.12. The fourth-order valence-corrected chi connectivity index (χ4v) is 2.43. The van der Waals surface area contributed by atoms with Gasteiger partial charge in [0, 0.05) is 23.0 Å². The van der Waals surface area contributed by atoms with Crippen molar-refractivity contribution in [3.63, 3.8) is 0 Å². The summed E-state index contributed by atoms with van der Waals surface area (Å²) in [6, 6.07) is 6.28. The van der Waals surface area contributed by atoms with Gasteiger partial charge in [0.1, 0.15) is 5.75 Å². The van der Waals surface area contributed by atoms with Crippen LogP contribution in [0.1, 0.15) is 30.4 Å². The zero-order valence-electron chi connectivity index (χ0n) is 10.9. The molecule has 0 aliphatic rings. The maximum atomic E-state index is 8.47. The third kappa shape index (κ3) is 4.67. The predicted molar refractivity (Wildman–Crippen MR) is 76.6 cm³/mol. The molecule has 3 nitrogen and oxygen atoms in total. The van der Waals surface area contributed by atoms with E-state index in [2.05, 4.69) is 46.4 Å². The highest BCUT2D eigenvalue weighted by atomic mass is 79.9. The minimum Gasteiger partial charge on any atom is -0.493 e. The number of hydrogen-bond donors (Lipinski definition) is 1. The Balaban J connectivity index is 2.65. The first-order chi connectivity index (χ1) is 8.69. The third-order valence-corrected chi connectivity index (χ3v) is 3.07. The summed E-state index contributed by atoms with van der Waals surface area (Å²) >= 11 is 3.50. The average Bonchev–Trinajstić information content (AvgIpc) is 2.32. The van der Waals surface area contributed by atoms with Crippen molar-refractivity contribution >= 4 is 15.9 Å². The molecule has 4 heteroatoms. The molecule has 0 saturated heterocycles. The van der Waals surface area contributed by atoms with Crippen LogP contribution in [-0.4, -0.2) is 13.7 Å². The standard InChI is InChI=1S/C14H19BrN2O/c1-11-8-13(15)9-12(10-17-2)14(11)18-7-5-3-4-6-16/h8-9,17H,3-5,7,10H2,1-2H3. The van der Waals surface area contributed by atoms with Crippen molar-refractivity contribution in [1.29, 1.82) is 5.26 Å². The van der Waals surface area contributed by atoms with Crippen molar-refractivity contribution in [2.45, 2.75) is 32.7 Å². The molecule has 0 amide bonds. The first-order valence-electron chi connectivity index (χ1n) is 6.12. The largest absolute Gasteiger partial charge is 0.493 e. The lowest BCUT2D eigenvalue weighted by atomic mass is 10.1. The number of rotatable bonds is 7. The van der Waals surface area contributed by atoms with Crippen molar-refractivity contribution < 1.29 is 4.74 Å². The summed E-state index contributed by atoms with van der Waals surface area (Å²) in [5.41, 5.74) is 2.29. The maximum Gasteiger partial charge on any atom is 0.126 e. The van der Waals surface area contributed by atoms with E-state index in [1.54, 1.807) is 0 Å². The van der Waals surface area contributed by atoms with Gasteiger partial charge in [-0.05, 0) is 44.5 Å². The Morgan fingerprint density at radius 2 is 2.17 bits per heavy atom. The monoisotopic (exact) mass is 310 g/mol. The van der Waals surface area contributed by atoms with Gasteiger partial charge in [-0.25, -0.2) is 0 Å². The van der Waals surface area contributed by atoms with Crippen LogP contribution >= 0.6 is 15.9 Å². The first kappa shape index (κ1) is 15.0. The Bertz CT molecular complexity index is 427. The van der Waals surface area contributed by atoms with Gasteiger partial charge in [0.05, 0.1) is 12.7 Å². The number of nitrogens with one attached hydrogen (secondary N) is 1. The van der Waals surface area contributed by atoms with Crippen LogP contribution in [0.4, 0.5) is 0 Å². The topological polar surface area (TPSA) is 45.0 Å². The van der Waals surface area contributed by atoms with Gasteiger partial charge in [-0.2, -0.15) is 5.26 Å². The van der Waals surface area contributed by atoms with Gasteiger partial charge in [-0.15, -0.1) is 0 Å². The van der Waals surface area contributed by atoms with Crippen molar-refractivity contribution in [1.82, 2.24) is 5.32 Å². The lowest BCUT2D eigenvalue weighted by Gasteiger charge is -2.14. The Morgan fingerprint density at radius 1 is 1.39 bits per heavy atom. The summed E-state index contributed by atoms with van der Waals surface area (Å²) in [6.07, 6.45) is 2.42. The number of aryl methyl sites for hydroxylation is 1. The molecule has 1 N–H and O–H groups in total. The van der Waals surface area contributed by atoms with Crippen molar-refractivity contribution in [3.05, 3.63) is 27.7 Å².